The molecule has 148 valence electrons. The van der Waals surface area contributed by atoms with Gasteiger partial charge in [-0.15, -0.1) is 0 Å². The summed E-state index contributed by atoms with van der Waals surface area (Å²) in [5.41, 5.74) is 1.93. The molecular weight excluding hydrogens is 412 g/mol. The molecule has 3 aromatic carbocycles. The molecule has 0 atom stereocenters. The van der Waals surface area contributed by atoms with Crippen LogP contribution < -0.4 is 9.57 Å². The maximum atomic E-state index is 12.2. The fourth-order valence-electron chi connectivity index (χ4n) is 2.34. The van der Waals surface area contributed by atoms with E-state index < -0.39 is 16.0 Å². The number of sulfonamides is 1. The Morgan fingerprint density at radius 1 is 1.03 bits per heavy atom. The van der Waals surface area contributed by atoms with Gasteiger partial charge in [0.25, 0.3) is 10.0 Å². The summed E-state index contributed by atoms with van der Waals surface area (Å²) in [4.78, 5) is 14.4. The highest BCUT2D eigenvalue weighted by Gasteiger charge is 2.12. The molecule has 3 rings (SSSR count). The Morgan fingerprint density at radius 3 is 2.38 bits per heavy atom. The van der Waals surface area contributed by atoms with E-state index in [-0.39, 0.29) is 4.90 Å². The van der Waals surface area contributed by atoms with Crippen LogP contribution in [0.5, 0.6) is 5.75 Å². The summed E-state index contributed by atoms with van der Waals surface area (Å²) in [7, 11) is -3.73. The van der Waals surface area contributed by atoms with E-state index in [2.05, 4.69) is 9.93 Å². The maximum Gasteiger partial charge on any atom is 0.343 e. The third-order valence-corrected chi connectivity index (χ3v) is 5.34. The van der Waals surface area contributed by atoms with Crippen LogP contribution in [-0.4, -0.2) is 20.6 Å². The lowest BCUT2D eigenvalue weighted by Crippen LogP contribution is -2.18. The summed E-state index contributed by atoms with van der Waals surface area (Å²) in [5.74, 6) is -0.188. The van der Waals surface area contributed by atoms with E-state index in [1.807, 2.05) is 6.92 Å². The number of hydrogen-bond donors (Lipinski definition) is 1. The van der Waals surface area contributed by atoms with Gasteiger partial charge in [-0.1, -0.05) is 35.4 Å². The smallest absolute Gasteiger partial charge is 0.343 e. The zero-order valence-corrected chi connectivity index (χ0v) is 16.9. The van der Waals surface area contributed by atoms with E-state index in [0.717, 1.165) is 5.56 Å². The van der Waals surface area contributed by atoms with Crippen molar-refractivity contribution in [2.45, 2.75) is 11.8 Å². The summed E-state index contributed by atoms with van der Waals surface area (Å²) in [6.45, 7) is 1.87. The number of hydrazone groups is 1. The number of aryl methyl sites for hydroxylation is 1. The summed E-state index contributed by atoms with van der Waals surface area (Å²) in [5, 5.41) is 4.22. The molecule has 0 aliphatic rings. The lowest BCUT2D eigenvalue weighted by molar-refractivity contribution is 0.0734. The van der Waals surface area contributed by atoms with Crippen molar-refractivity contribution in [3.63, 3.8) is 0 Å². The quantitative estimate of drug-likeness (QED) is 0.276. The summed E-state index contributed by atoms with van der Waals surface area (Å²) < 4.78 is 29.6. The van der Waals surface area contributed by atoms with E-state index in [9.17, 15) is 13.2 Å². The third-order valence-electron chi connectivity index (χ3n) is 3.87. The first-order chi connectivity index (χ1) is 13.8. The molecule has 8 heteroatoms. The van der Waals surface area contributed by atoms with Crippen molar-refractivity contribution in [3.8, 4) is 5.75 Å². The first-order valence-corrected chi connectivity index (χ1v) is 10.4. The lowest BCUT2D eigenvalue weighted by Gasteiger charge is -2.05. The zero-order chi connectivity index (χ0) is 20.9. The molecule has 0 bridgehead atoms. The van der Waals surface area contributed by atoms with Gasteiger partial charge in [-0.05, 0) is 67.1 Å². The van der Waals surface area contributed by atoms with Crippen LogP contribution in [0, 0.1) is 6.92 Å². The fourth-order valence-corrected chi connectivity index (χ4v) is 3.33. The van der Waals surface area contributed by atoms with E-state index in [0.29, 0.717) is 21.9 Å². The van der Waals surface area contributed by atoms with Gasteiger partial charge in [0.05, 0.1) is 16.7 Å². The molecule has 0 spiro atoms. The second-order valence-corrected chi connectivity index (χ2v) is 8.23. The Morgan fingerprint density at radius 2 is 1.72 bits per heavy atom. The molecule has 0 saturated heterocycles. The number of benzene rings is 3. The Bertz CT molecular complexity index is 1140. The van der Waals surface area contributed by atoms with Crippen LogP contribution in [0.4, 0.5) is 0 Å². The van der Waals surface area contributed by atoms with Gasteiger partial charge in [0.2, 0.25) is 0 Å². The second-order valence-electron chi connectivity index (χ2n) is 6.13. The monoisotopic (exact) mass is 428 g/mol. The maximum absolute atomic E-state index is 12.2. The van der Waals surface area contributed by atoms with Crippen LogP contribution in [0.15, 0.2) is 82.8 Å². The van der Waals surface area contributed by atoms with Gasteiger partial charge in [0.15, 0.2) is 0 Å². The van der Waals surface area contributed by atoms with E-state index in [1.54, 1.807) is 54.6 Å². The van der Waals surface area contributed by atoms with Crippen LogP contribution in [0.2, 0.25) is 5.02 Å². The van der Waals surface area contributed by atoms with Crippen molar-refractivity contribution in [3.05, 3.63) is 94.5 Å². The van der Waals surface area contributed by atoms with Crippen LogP contribution in [-0.2, 0) is 10.0 Å². The molecule has 0 fully saturated rings. The van der Waals surface area contributed by atoms with Crippen molar-refractivity contribution >= 4 is 33.8 Å². The number of ether oxygens (including phenoxy) is 1. The molecule has 29 heavy (non-hydrogen) atoms. The highest BCUT2D eigenvalue weighted by Crippen LogP contribution is 2.16. The summed E-state index contributed by atoms with van der Waals surface area (Å²) in [6.07, 6.45) is 1.36. The number of hydrogen-bond acceptors (Lipinski definition) is 5. The number of halogens is 1. The third kappa shape index (κ3) is 5.66. The lowest BCUT2D eigenvalue weighted by atomic mass is 10.2. The topological polar surface area (TPSA) is 84.8 Å². The molecule has 3 aromatic rings. The molecule has 0 heterocycles. The first kappa shape index (κ1) is 20.6. The number of carbonyl (C=O) groups excluding carboxylic acids is 1. The minimum absolute atomic E-state index is 0.128. The standard InChI is InChI=1S/C21H17ClN2O4S/c1-15-5-11-20(12-6-15)29(26,27)24-23-14-16-7-9-19(10-8-16)28-21(25)17-3-2-4-18(22)13-17/h2-14,24H,1H3. The van der Waals surface area contributed by atoms with Gasteiger partial charge < -0.3 is 4.74 Å². The number of esters is 1. The molecule has 0 radical (unpaired) electrons. The normalized spacial score (nSPS) is 11.4. The van der Waals surface area contributed by atoms with Gasteiger partial charge >= 0.3 is 5.97 Å². The first-order valence-electron chi connectivity index (χ1n) is 8.53. The second kappa shape index (κ2) is 8.89. The van der Waals surface area contributed by atoms with Crippen molar-refractivity contribution < 1.29 is 17.9 Å². The van der Waals surface area contributed by atoms with Crippen LogP contribution in [0.1, 0.15) is 21.5 Å². The van der Waals surface area contributed by atoms with Crippen LogP contribution in [0.3, 0.4) is 0 Å². The van der Waals surface area contributed by atoms with Gasteiger partial charge in [0.1, 0.15) is 5.75 Å². The molecule has 0 aliphatic heterocycles. The molecule has 0 amide bonds. The minimum atomic E-state index is -3.73. The van der Waals surface area contributed by atoms with Gasteiger partial charge in [-0.2, -0.15) is 13.5 Å². The average Bonchev–Trinajstić information content (AvgIpc) is 2.69. The van der Waals surface area contributed by atoms with Gasteiger partial charge in [-0.3, -0.25) is 0 Å². The number of nitrogens with zero attached hydrogens (tertiary/aromatic N) is 1. The van der Waals surface area contributed by atoms with Crippen LogP contribution >= 0.6 is 11.6 Å². The molecule has 0 saturated carbocycles. The minimum Gasteiger partial charge on any atom is -0.423 e. The summed E-state index contributed by atoms with van der Waals surface area (Å²) in [6, 6.07) is 19.3. The predicted molar refractivity (Wildman–Crippen MR) is 112 cm³/mol. The van der Waals surface area contributed by atoms with Crippen molar-refractivity contribution in [1.82, 2.24) is 4.83 Å². The number of rotatable bonds is 6. The number of carbonyl (C=O) groups is 1. The highest BCUT2D eigenvalue weighted by atomic mass is 35.5. The molecular formula is C21H17ClN2O4S. The number of nitrogens with one attached hydrogen (secondary N) is 1. The van der Waals surface area contributed by atoms with Crippen LogP contribution in [0.25, 0.3) is 0 Å². The molecule has 0 aromatic heterocycles. The van der Waals surface area contributed by atoms with Gasteiger partial charge in [-0.25, -0.2) is 9.63 Å². The van der Waals surface area contributed by atoms with E-state index >= 15 is 0 Å². The molecule has 0 aliphatic carbocycles. The predicted octanol–water partition coefficient (Wildman–Crippen LogP) is 4.18. The molecule has 1 N–H and O–H groups in total. The Kier molecular flexibility index (Phi) is 6.31. The van der Waals surface area contributed by atoms with Gasteiger partial charge in [0, 0.05) is 5.02 Å². The van der Waals surface area contributed by atoms with E-state index in [1.165, 1.54) is 24.4 Å². The zero-order valence-electron chi connectivity index (χ0n) is 15.4. The highest BCUT2D eigenvalue weighted by molar-refractivity contribution is 7.89. The van der Waals surface area contributed by atoms with Crippen molar-refractivity contribution in [2.75, 3.05) is 0 Å². The SMILES string of the molecule is Cc1ccc(S(=O)(=O)NN=Cc2ccc(OC(=O)c3cccc(Cl)c3)cc2)cc1. The van der Waals surface area contributed by atoms with Crippen molar-refractivity contribution in [1.29, 1.82) is 0 Å². The molecule has 0 unspecified atom stereocenters. The summed E-state index contributed by atoms with van der Waals surface area (Å²) >= 11 is 5.87. The molecule has 6 nitrogen and oxygen atoms in total. The average molecular weight is 429 g/mol. The Labute approximate surface area is 173 Å². The Balaban J connectivity index is 1.61. The Hall–Kier alpha value is -3.16. The largest absolute Gasteiger partial charge is 0.423 e. The van der Waals surface area contributed by atoms with E-state index in [4.69, 9.17) is 16.3 Å². The fraction of sp³-hybridized carbons (Fsp3) is 0.0476. The van der Waals surface area contributed by atoms with Crippen molar-refractivity contribution in [2.24, 2.45) is 5.10 Å².